The number of benzene rings is 2. The van der Waals surface area contributed by atoms with Crippen LogP contribution in [0.4, 0.5) is 10.1 Å². The van der Waals surface area contributed by atoms with E-state index in [4.69, 9.17) is 0 Å². The number of hydrogen-bond acceptors (Lipinski definition) is 2. The number of carbonyl (C=O) groups excluding carboxylic acids is 1. The maximum atomic E-state index is 13.2. The highest BCUT2D eigenvalue weighted by Gasteiger charge is 2.37. The van der Waals surface area contributed by atoms with Crippen molar-refractivity contribution in [3.8, 4) is 0 Å². The third kappa shape index (κ3) is 3.55. The minimum absolute atomic E-state index is 0.0902. The lowest BCUT2D eigenvalue weighted by atomic mass is 9.99. The zero-order chi connectivity index (χ0) is 18.0. The van der Waals surface area contributed by atoms with Gasteiger partial charge in [-0.1, -0.05) is 37.3 Å². The van der Waals surface area contributed by atoms with Crippen LogP contribution in [0.3, 0.4) is 0 Å². The van der Waals surface area contributed by atoms with Crippen molar-refractivity contribution in [2.45, 2.75) is 25.7 Å². The number of carboxylic acid groups (broad SMARTS) is 1. The molecule has 0 fully saturated rings. The summed E-state index contributed by atoms with van der Waals surface area (Å²) in [5.74, 6) is -2.25. The van der Waals surface area contributed by atoms with Crippen molar-refractivity contribution < 1.29 is 19.1 Å². The van der Waals surface area contributed by atoms with Gasteiger partial charge in [0.1, 0.15) is 11.7 Å². The van der Waals surface area contributed by atoms with Crippen LogP contribution in [-0.4, -0.2) is 23.5 Å². The Kier molecular flexibility index (Phi) is 4.83. The van der Waals surface area contributed by atoms with E-state index in [1.54, 1.807) is 35.2 Å². The van der Waals surface area contributed by atoms with E-state index >= 15 is 0 Å². The lowest BCUT2D eigenvalue weighted by Gasteiger charge is -2.22. The highest BCUT2D eigenvalue weighted by Crippen LogP contribution is 2.37. The van der Waals surface area contributed by atoms with Crippen molar-refractivity contribution in [3.63, 3.8) is 0 Å². The van der Waals surface area contributed by atoms with Gasteiger partial charge in [-0.25, -0.2) is 4.39 Å². The maximum Gasteiger partial charge on any atom is 0.312 e. The van der Waals surface area contributed by atoms with Crippen molar-refractivity contribution in [1.82, 2.24) is 0 Å². The van der Waals surface area contributed by atoms with Crippen LogP contribution >= 0.6 is 0 Å². The van der Waals surface area contributed by atoms with Gasteiger partial charge in [0.15, 0.2) is 0 Å². The number of para-hydroxylation sites is 1. The van der Waals surface area contributed by atoms with E-state index in [1.165, 1.54) is 12.1 Å². The van der Waals surface area contributed by atoms with Gasteiger partial charge in [0, 0.05) is 18.2 Å². The minimum atomic E-state index is -0.921. The predicted molar refractivity (Wildman–Crippen MR) is 93.1 cm³/mol. The lowest BCUT2D eigenvalue weighted by Crippen LogP contribution is -2.35. The molecular weight excluding hydrogens is 321 g/mol. The molecule has 1 aliphatic heterocycles. The van der Waals surface area contributed by atoms with Gasteiger partial charge in [-0.05, 0) is 42.2 Å². The zero-order valence-electron chi connectivity index (χ0n) is 14.0. The summed E-state index contributed by atoms with van der Waals surface area (Å²) in [7, 11) is 0. The number of halogens is 1. The molecular formula is C20H20FNO3. The Morgan fingerprint density at radius 1 is 1.24 bits per heavy atom. The normalized spacial score (nSPS) is 17.2. The summed E-state index contributed by atoms with van der Waals surface area (Å²) in [6.07, 6.45) is 1.18. The molecule has 0 saturated carbocycles. The summed E-state index contributed by atoms with van der Waals surface area (Å²) in [5.41, 5.74) is 2.21. The summed E-state index contributed by atoms with van der Waals surface area (Å²) in [4.78, 5) is 25.9. The highest BCUT2D eigenvalue weighted by atomic mass is 19.1. The number of anilines is 1. The van der Waals surface area contributed by atoms with E-state index in [0.29, 0.717) is 24.1 Å². The van der Waals surface area contributed by atoms with Gasteiger partial charge < -0.3 is 10.0 Å². The first kappa shape index (κ1) is 17.1. The Morgan fingerprint density at radius 2 is 2.00 bits per heavy atom. The summed E-state index contributed by atoms with van der Waals surface area (Å²) < 4.78 is 13.2. The second kappa shape index (κ2) is 7.05. The van der Waals surface area contributed by atoms with E-state index in [2.05, 4.69) is 0 Å². The first-order valence-electron chi connectivity index (χ1n) is 8.35. The largest absolute Gasteiger partial charge is 0.481 e. The molecule has 1 N–H and O–H groups in total. The molecule has 4 nitrogen and oxygen atoms in total. The fourth-order valence-electron chi connectivity index (χ4n) is 3.29. The molecule has 2 aromatic carbocycles. The average molecular weight is 341 g/mol. The molecule has 5 heteroatoms. The number of fused-ring (bicyclic) bond motifs is 1. The molecule has 2 atom stereocenters. The molecule has 1 heterocycles. The smallest absolute Gasteiger partial charge is 0.312 e. The fourth-order valence-corrected chi connectivity index (χ4v) is 3.29. The van der Waals surface area contributed by atoms with E-state index in [9.17, 15) is 19.1 Å². The molecule has 0 aromatic heterocycles. The molecule has 25 heavy (non-hydrogen) atoms. The molecule has 0 bridgehead atoms. The first-order valence-corrected chi connectivity index (χ1v) is 8.35. The predicted octanol–water partition coefficient (Wildman–Crippen LogP) is 3.61. The average Bonchev–Trinajstić information content (AvgIpc) is 2.99. The van der Waals surface area contributed by atoms with E-state index in [1.807, 2.05) is 13.0 Å². The molecule has 0 spiro atoms. The number of hydrogen-bond donors (Lipinski definition) is 1. The van der Waals surface area contributed by atoms with E-state index in [-0.39, 0.29) is 24.2 Å². The monoisotopic (exact) mass is 341 g/mol. The van der Waals surface area contributed by atoms with Gasteiger partial charge in [-0.3, -0.25) is 9.59 Å². The molecule has 2 unspecified atom stereocenters. The number of carbonyl (C=O) groups is 2. The Morgan fingerprint density at radius 3 is 2.72 bits per heavy atom. The van der Waals surface area contributed by atoms with Gasteiger partial charge in [-0.15, -0.1) is 0 Å². The van der Waals surface area contributed by atoms with Gasteiger partial charge in [-0.2, -0.15) is 0 Å². The SMILES string of the molecule is CC(CCc1cccc(F)c1)C(=O)N1CC(C(=O)O)c2ccccc21. The van der Waals surface area contributed by atoms with Gasteiger partial charge >= 0.3 is 5.97 Å². The van der Waals surface area contributed by atoms with Crippen molar-refractivity contribution >= 4 is 17.6 Å². The number of carboxylic acids is 1. The summed E-state index contributed by atoms with van der Waals surface area (Å²) in [6.45, 7) is 2.00. The number of rotatable bonds is 5. The molecule has 130 valence electrons. The highest BCUT2D eigenvalue weighted by molar-refractivity contribution is 5.99. The topological polar surface area (TPSA) is 57.6 Å². The fraction of sp³-hybridized carbons (Fsp3) is 0.300. The Hall–Kier alpha value is -2.69. The lowest BCUT2D eigenvalue weighted by molar-refractivity contribution is -0.138. The molecule has 2 aromatic rings. The molecule has 1 amide bonds. The number of amides is 1. The van der Waals surface area contributed by atoms with Crippen LogP contribution in [0.2, 0.25) is 0 Å². The van der Waals surface area contributed by atoms with Gasteiger partial charge in [0.25, 0.3) is 0 Å². The Labute approximate surface area is 145 Å². The van der Waals surface area contributed by atoms with Crippen molar-refractivity contribution in [2.24, 2.45) is 5.92 Å². The van der Waals surface area contributed by atoms with Crippen LogP contribution in [0.5, 0.6) is 0 Å². The Balaban J connectivity index is 1.71. The van der Waals surface area contributed by atoms with Crippen LogP contribution in [0, 0.1) is 11.7 Å². The zero-order valence-corrected chi connectivity index (χ0v) is 14.0. The van der Waals surface area contributed by atoms with Crippen LogP contribution in [0.15, 0.2) is 48.5 Å². The van der Waals surface area contributed by atoms with Crippen molar-refractivity contribution in [2.75, 3.05) is 11.4 Å². The van der Waals surface area contributed by atoms with Gasteiger partial charge in [0.2, 0.25) is 5.91 Å². The summed E-state index contributed by atoms with van der Waals surface area (Å²) >= 11 is 0. The van der Waals surface area contributed by atoms with E-state index < -0.39 is 11.9 Å². The molecule has 0 aliphatic carbocycles. The number of aliphatic carboxylic acids is 1. The van der Waals surface area contributed by atoms with Crippen molar-refractivity contribution in [3.05, 3.63) is 65.5 Å². The molecule has 0 radical (unpaired) electrons. The Bertz CT molecular complexity index is 805. The molecule has 0 saturated heterocycles. The molecule has 3 rings (SSSR count). The second-order valence-electron chi connectivity index (χ2n) is 6.47. The summed E-state index contributed by atoms with van der Waals surface area (Å²) in [5, 5.41) is 9.40. The van der Waals surface area contributed by atoms with Crippen LogP contribution in [0.25, 0.3) is 0 Å². The second-order valence-corrected chi connectivity index (χ2v) is 6.47. The van der Waals surface area contributed by atoms with Crippen LogP contribution < -0.4 is 4.90 Å². The third-order valence-corrected chi connectivity index (χ3v) is 4.71. The number of nitrogens with zero attached hydrogens (tertiary/aromatic N) is 1. The standard InChI is InChI=1S/C20H20FNO3/c1-13(9-10-14-5-4-6-15(21)11-14)19(23)22-12-17(20(24)25)16-7-2-3-8-18(16)22/h2-8,11,13,17H,9-10,12H2,1H3,(H,24,25). The first-order chi connectivity index (χ1) is 12.0. The van der Waals surface area contributed by atoms with Crippen LogP contribution in [0.1, 0.15) is 30.4 Å². The van der Waals surface area contributed by atoms with E-state index in [0.717, 1.165) is 5.56 Å². The van der Waals surface area contributed by atoms with Gasteiger partial charge in [0.05, 0.1) is 0 Å². The van der Waals surface area contributed by atoms with Crippen molar-refractivity contribution in [1.29, 1.82) is 0 Å². The minimum Gasteiger partial charge on any atom is -0.481 e. The third-order valence-electron chi connectivity index (χ3n) is 4.71. The molecule has 1 aliphatic rings. The van der Waals surface area contributed by atoms with Crippen LogP contribution in [-0.2, 0) is 16.0 Å². The summed E-state index contributed by atoms with van der Waals surface area (Å²) in [6, 6.07) is 13.5. The maximum absolute atomic E-state index is 13.2. The quantitative estimate of drug-likeness (QED) is 0.904. The number of aryl methyl sites for hydroxylation is 1.